The van der Waals surface area contributed by atoms with Crippen LogP contribution >= 0.6 is 0 Å². The lowest BCUT2D eigenvalue weighted by atomic mass is 10.3. The van der Waals surface area contributed by atoms with Crippen LogP contribution in [0.25, 0.3) is 11.0 Å². The lowest BCUT2D eigenvalue weighted by Gasteiger charge is -1.81. The van der Waals surface area contributed by atoms with Crippen LogP contribution in [0, 0.1) is 0 Å². The van der Waals surface area contributed by atoms with Gasteiger partial charge in [0.25, 0.3) is 0 Å². The Hall–Kier alpha value is -4.16. The van der Waals surface area contributed by atoms with E-state index < -0.39 is 24.6 Å². The summed E-state index contributed by atoms with van der Waals surface area (Å²) in [6.45, 7) is 0. The molecule has 0 saturated carbocycles. The van der Waals surface area contributed by atoms with E-state index in [2.05, 4.69) is 0 Å². The Morgan fingerprint density at radius 1 is 0.600 bits per heavy atom. The van der Waals surface area contributed by atoms with E-state index >= 15 is 0 Å². The van der Waals surface area contributed by atoms with Crippen LogP contribution in [0.3, 0.4) is 0 Å². The van der Waals surface area contributed by atoms with E-state index in [1.165, 1.54) is 0 Å². The lowest BCUT2D eigenvalue weighted by Crippen LogP contribution is -1.81. The molecule has 1 aromatic heterocycles. The van der Waals surface area contributed by atoms with E-state index in [4.69, 9.17) is 64.4 Å². The first kappa shape index (κ1) is 25.8. The Balaban J connectivity index is -0.000000263. The van der Waals surface area contributed by atoms with Gasteiger partial charge in [-0.15, -0.1) is 0 Å². The summed E-state index contributed by atoms with van der Waals surface area (Å²) >= 11 is 0. The molecule has 0 aliphatic heterocycles. The minimum absolute atomic E-state index is 0.956. The van der Waals surface area contributed by atoms with E-state index in [9.17, 15) is 0 Å². The van der Waals surface area contributed by atoms with Crippen LogP contribution in [0.5, 0.6) is 0 Å². The zero-order valence-electron chi connectivity index (χ0n) is 12.1. The van der Waals surface area contributed by atoms with Crippen LogP contribution < -0.4 is 0 Å². The number of carboxylic acid groups (broad SMARTS) is 8. The van der Waals surface area contributed by atoms with Gasteiger partial charge in [-0.3, -0.25) is 0 Å². The third-order valence-electron chi connectivity index (χ3n) is 1.36. The van der Waals surface area contributed by atoms with Crippen molar-refractivity contribution in [1.82, 2.24) is 0 Å². The molecule has 13 nitrogen and oxygen atoms in total. The van der Waals surface area contributed by atoms with Crippen LogP contribution in [-0.4, -0.2) is 65.5 Å². The fourth-order valence-electron chi connectivity index (χ4n) is 0.906. The van der Waals surface area contributed by atoms with Crippen molar-refractivity contribution in [3.63, 3.8) is 0 Å². The maximum Gasteiger partial charge on any atom is 0.503 e. The van der Waals surface area contributed by atoms with Crippen LogP contribution in [-0.2, 0) is 0 Å². The molecule has 13 heteroatoms. The quantitative estimate of drug-likeness (QED) is 0.333. The van der Waals surface area contributed by atoms with Gasteiger partial charge in [0.05, 0.1) is 6.26 Å². The summed E-state index contributed by atoms with van der Waals surface area (Å²) in [5.74, 6) is 0. The monoisotopic (exact) mass is 366 g/mol. The SMILES string of the molecule is O=C(O)O.O=C(O)O.O=C(O)O.O=C(O)O.c1ccc2occc2c1. The minimum Gasteiger partial charge on any atom is -0.464 e. The average molecular weight is 366 g/mol. The number of hydrogen-bond donors (Lipinski definition) is 8. The predicted molar refractivity (Wildman–Crippen MR) is 78.8 cm³/mol. The Kier molecular flexibility index (Phi) is 16.7. The molecule has 0 fully saturated rings. The predicted octanol–water partition coefficient (Wildman–Crippen LogP) is 3.32. The van der Waals surface area contributed by atoms with Crippen molar-refractivity contribution in [2.45, 2.75) is 0 Å². The highest BCUT2D eigenvalue weighted by Crippen LogP contribution is 2.12. The van der Waals surface area contributed by atoms with E-state index in [0.29, 0.717) is 0 Å². The first-order valence-corrected chi connectivity index (χ1v) is 5.49. The second-order valence-electron chi connectivity index (χ2n) is 3.09. The largest absolute Gasteiger partial charge is 0.503 e. The molecule has 0 spiro atoms. The first-order chi connectivity index (χ1) is 11.4. The van der Waals surface area contributed by atoms with Gasteiger partial charge in [-0.25, -0.2) is 19.2 Å². The van der Waals surface area contributed by atoms with Gasteiger partial charge in [0.15, 0.2) is 0 Å². The molecule has 0 amide bonds. The highest BCUT2D eigenvalue weighted by Gasteiger charge is 1.89. The summed E-state index contributed by atoms with van der Waals surface area (Å²) in [5.41, 5.74) is 0.956. The zero-order valence-corrected chi connectivity index (χ0v) is 12.1. The molecular formula is C12H14O13. The maximum absolute atomic E-state index is 8.56. The first-order valence-electron chi connectivity index (χ1n) is 5.49. The molecule has 2 aromatic rings. The molecule has 0 radical (unpaired) electrons. The Morgan fingerprint density at radius 3 is 1.24 bits per heavy atom. The Morgan fingerprint density at radius 2 is 0.920 bits per heavy atom. The van der Waals surface area contributed by atoms with Crippen molar-refractivity contribution in [3.8, 4) is 0 Å². The topological polar surface area (TPSA) is 243 Å². The van der Waals surface area contributed by atoms with Gasteiger partial charge in [-0.1, -0.05) is 18.2 Å². The van der Waals surface area contributed by atoms with Gasteiger partial charge in [0.1, 0.15) is 5.58 Å². The zero-order chi connectivity index (χ0) is 20.4. The molecule has 1 aromatic carbocycles. The third-order valence-corrected chi connectivity index (χ3v) is 1.36. The summed E-state index contributed by atoms with van der Waals surface area (Å²) < 4.78 is 5.12. The molecule has 140 valence electrons. The summed E-state index contributed by atoms with van der Waals surface area (Å²) in [4.78, 5) is 34.2. The van der Waals surface area contributed by atoms with Gasteiger partial charge >= 0.3 is 24.6 Å². The van der Waals surface area contributed by atoms with E-state index in [0.717, 1.165) is 11.0 Å². The molecule has 0 aliphatic carbocycles. The van der Waals surface area contributed by atoms with Crippen molar-refractivity contribution in [3.05, 3.63) is 36.6 Å². The van der Waals surface area contributed by atoms with Gasteiger partial charge in [0, 0.05) is 5.39 Å². The molecular weight excluding hydrogens is 352 g/mol. The second kappa shape index (κ2) is 16.2. The average Bonchev–Trinajstić information content (AvgIpc) is 2.83. The van der Waals surface area contributed by atoms with E-state index in [-0.39, 0.29) is 0 Å². The van der Waals surface area contributed by atoms with E-state index in [1.54, 1.807) is 6.26 Å². The van der Waals surface area contributed by atoms with Crippen LogP contribution in [0.2, 0.25) is 0 Å². The number of carbonyl (C=O) groups is 4. The summed E-state index contributed by atoms with van der Waals surface area (Å²) in [6.07, 6.45) is -5.63. The minimum atomic E-state index is -1.83. The van der Waals surface area contributed by atoms with Crippen molar-refractivity contribution >= 4 is 35.6 Å². The summed E-state index contributed by atoms with van der Waals surface area (Å²) in [5, 5.41) is 56.9. The van der Waals surface area contributed by atoms with Gasteiger partial charge in [0.2, 0.25) is 0 Å². The number of hydrogen-bond acceptors (Lipinski definition) is 5. The summed E-state index contributed by atoms with van der Waals surface area (Å²) in [6, 6.07) is 9.90. The lowest BCUT2D eigenvalue weighted by molar-refractivity contribution is 0.135. The van der Waals surface area contributed by atoms with Crippen LogP contribution in [0.15, 0.2) is 41.0 Å². The second-order valence-corrected chi connectivity index (χ2v) is 3.09. The third kappa shape index (κ3) is 38.3. The molecule has 0 atom stereocenters. The Labute approximate surface area is 137 Å². The van der Waals surface area contributed by atoms with Crippen molar-refractivity contribution in [2.24, 2.45) is 0 Å². The maximum atomic E-state index is 8.56. The Bertz CT molecular complexity index is 551. The molecule has 0 aliphatic rings. The number of furan rings is 1. The molecule has 0 saturated heterocycles. The van der Waals surface area contributed by atoms with Crippen molar-refractivity contribution < 1.29 is 64.4 Å². The highest BCUT2D eigenvalue weighted by molar-refractivity contribution is 5.76. The standard InChI is InChI=1S/C8H6O.4CH2O3/c1-2-4-8-7(3-1)5-6-9-8;4*2-1(3)4/h1-6H;4*(H2,2,3,4). The molecule has 2 rings (SSSR count). The van der Waals surface area contributed by atoms with Crippen molar-refractivity contribution in [1.29, 1.82) is 0 Å². The van der Waals surface area contributed by atoms with Crippen LogP contribution in [0.4, 0.5) is 19.2 Å². The van der Waals surface area contributed by atoms with Crippen LogP contribution in [0.1, 0.15) is 0 Å². The van der Waals surface area contributed by atoms with Gasteiger partial charge in [-0.2, -0.15) is 0 Å². The number of para-hydroxylation sites is 1. The fourth-order valence-corrected chi connectivity index (χ4v) is 0.906. The van der Waals surface area contributed by atoms with Gasteiger partial charge in [-0.05, 0) is 12.1 Å². The normalized spacial score (nSPS) is 7.52. The van der Waals surface area contributed by atoms with E-state index in [1.807, 2.05) is 30.3 Å². The number of benzene rings is 1. The number of fused-ring (bicyclic) bond motifs is 1. The van der Waals surface area contributed by atoms with Crippen molar-refractivity contribution in [2.75, 3.05) is 0 Å². The molecule has 1 heterocycles. The molecule has 0 bridgehead atoms. The molecule has 8 N–H and O–H groups in total. The summed E-state index contributed by atoms with van der Waals surface area (Å²) in [7, 11) is 0. The highest BCUT2D eigenvalue weighted by atomic mass is 16.6. The molecule has 25 heavy (non-hydrogen) atoms. The number of rotatable bonds is 0. The smallest absolute Gasteiger partial charge is 0.464 e. The van der Waals surface area contributed by atoms with Gasteiger partial charge < -0.3 is 45.3 Å². The molecule has 0 unspecified atom stereocenters. The fraction of sp³-hybridized carbons (Fsp3) is 0.